The Balaban J connectivity index is 1.52. The molecule has 0 radical (unpaired) electrons. The zero-order valence-electron chi connectivity index (χ0n) is 15.5. The molecule has 1 N–H and O–H groups in total. The third-order valence-electron chi connectivity index (χ3n) is 6.11. The van der Waals surface area contributed by atoms with E-state index in [1.807, 2.05) is 4.90 Å². The molecule has 3 amide bonds. The van der Waals surface area contributed by atoms with Gasteiger partial charge in [0.1, 0.15) is 0 Å². The minimum absolute atomic E-state index is 0.105. The van der Waals surface area contributed by atoms with E-state index in [1.165, 1.54) is 19.3 Å². The molecule has 0 spiro atoms. The molecule has 0 aromatic carbocycles. The van der Waals surface area contributed by atoms with Crippen molar-refractivity contribution in [2.24, 2.45) is 5.92 Å². The lowest BCUT2D eigenvalue weighted by atomic mass is 9.83. The van der Waals surface area contributed by atoms with Gasteiger partial charge in [-0.15, -0.1) is 0 Å². The average Bonchev–Trinajstić information content (AvgIpc) is 2.64. The van der Waals surface area contributed by atoms with Crippen LogP contribution in [0.15, 0.2) is 0 Å². The van der Waals surface area contributed by atoms with Crippen molar-refractivity contribution >= 4 is 11.9 Å². The van der Waals surface area contributed by atoms with Crippen molar-refractivity contribution < 1.29 is 14.3 Å². The van der Waals surface area contributed by atoms with Crippen LogP contribution in [0.1, 0.15) is 57.8 Å². The molecule has 6 nitrogen and oxygen atoms in total. The number of hydrogen-bond donors (Lipinski definition) is 1. The quantitative estimate of drug-likeness (QED) is 0.774. The molecule has 0 bridgehead atoms. The van der Waals surface area contributed by atoms with Crippen LogP contribution >= 0.6 is 0 Å². The third-order valence-corrected chi connectivity index (χ3v) is 6.11. The van der Waals surface area contributed by atoms with Gasteiger partial charge in [0.05, 0.1) is 0 Å². The van der Waals surface area contributed by atoms with Crippen LogP contribution in [0.2, 0.25) is 0 Å². The summed E-state index contributed by atoms with van der Waals surface area (Å²) in [4.78, 5) is 29.0. The van der Waals surface area contributed by atoms with Gasteiger partial charge < -0.3 is 19.9 Å². The summed E-state index contributed by atoms with van der Waals surface area (Å²) in [6, 6.07) is 0.766. The molecule has 0 aromatic heterocycles. The highest BCUT2D eigenvalue weighted by molar-refractivity contribution is 5.78. The van der Waals surface area contributed by atoms with Crippen LogP contribution < -0.4 is 5.32 Å². The van der Waals surface area contributed by atoms with Gasteiger partial charge in [-0.05, 0) is 38.0 Å². The molecular formula is C19H33N3O3. The van der Waals surface area contributed by atoms with Crippen molar-refractivity contribution in [3.8, 4) is 0 Å². The number of likely N-dealkylation sites (tertiary alicyclic amines) is 2. The number of nitrogens with one attached hydrogen (secondary N) is 1. The van der Waals surface area contributed by atoms with Crippen LogP contribution in [0.3, 0.4) is 0 Å². The zero-order valence-corrected chi connectivity index (χ0v) is 15.5. The van der Waals surface area contributed by atoms with Crippen LogP contribution in [0.25, 0.3) is 0 Å². The van der Waals surface area contributed by atoms with Crippen molar-refractivity contribution in [2.75, 3.05) is 33.4 Å². The van der Waals surface area contributed by atoms with E-state index in [0.29, 0.717) is 31.0 Å². The molecule has 3 rings (SSSR count). The van der Waals surface area contributed by atoms with Crippen LogP contribution in [0.4, 0.5) is 4.79 Å². The fraction of sp³-hybridized carbons (Fsp3) is 0.895. The van der Waals surface area contributed by atoms with Crippen molar-refractivity contribution in [3.05, 3.63) is 0 Å². The summed E-state index contributed by atoms with van der Waals surface area (Å²) in [6.45, 7) is 3.02. The predicted molar refractivity (Wildman–Crippen MR) is 96.3 cm³/mol. The van der Waals surface area contributed by atoms with E-state index in [9.17, 15) is 9.59 Å². The molecule has 2 aliphatic heterocycles. The summed E-state index contributed by atoms with van der Waals surface area (Å²) in [5.74, 6) is 0.698. The summed E-state index contributed by atoms with van der Waals surface area (Å²) in [6.07, 6.45) is 9.32. The summed E-state index contributed by atoms with van der Waals surface area (Å²) in [7, 11) is 1.70. The van der Waals surface area contributed by atoms with Crippen molar-refractivity contribution in [1.82, 2.24) is 15.1 Å². The Kier molecular flexibility index (Phi) is 6.57. The van der Waals surface area contributed by atoms with Gasteiger partial charge in [-0.3, -0.25) is 4.79 Å². The number of amides is 3. The first kappa shape index (κ1) is 18.5. The Bertz CT molecular complexity index is 465. The van der Waals surface area contributed by atoms with Crippen LogP contribution in [-0.4, -0.2) is 67.2 Å². The highest BCUT2D eigenvalue weighted by atomic mass is 16.5. The normalized spacial score (nSPS) is 28.0. The van der Waals surface area contributed by atoms with Gasteiger partial charge in [-0.25, -0.2) is 4.79 Å². The van der Waals surface area contributed by atoms with E-state index in [4.69, 9.17) is 4.74 Å². The standard InChI is InChI=1S/C19H33N3O3/c1-25-13-5-11-22-17-10-12-21(14-15(17)8-9-18(22)23)19(24)20-16-6-3-2-4-7-16/h15-17H,2-14H2,1H3,(H,20,24)/t15-,17+/m0/s1. The number of nitrogens with zero attached hydrogens (tertiary/aromatic N) is 2. The second-order valence-corrected chi connectivity index (χ2v) is 7.82. The van der Waals surface area contributed by atoms with Crippen LogP contribution in [0, 0.1) is 5.92 Å². The fourth-order valence-electron chi connectivity index (χ4n) is 4.72. The lowest BCUT2D eigenvalue weighted by molar-refractivity contribution is -0.140. The molecule has 25 heavy (non-hydrogen) atoms. The van der Waals surface area contributed by atoms with Crippen LogP contribution in [0.5, 0.6) is 0 Å². The third kappa shape index (κ3) is 4.66. The number of urea groups is 1. The van der Waals surface area contributed by atoms with Gasteiger partial charge in [-0.1, -0.05) is 19.3 Å². The molecule has 142 valence electrons. The monoisotopic (exact) mass is 351 g/mol. The van der Waals surface area contributed by atoms with Gasteiger partial charge in [0.25, 0.3) is 0 Å². The topological polar surface area (TPSA) is 61.9 Å². The lowest BCUT2D eigenvalue weighted by Gasteiger charge is -2.47. The molecule has 3 aliphatic rings. The molecule has 2 saturated heterocycles. The van der Waals surface area contributed by atoms with Crippen molar-refractivity contribution in [2.45, 2.75) is 69.9 Å². The van der Waals surface area contributed by atoms with Crippen LogP contribution in [-0.2, 0) is 9.53 Å². The fourth-order valence-corrected chi connectivity index (χ4v) is 4.72. The highest BCUT2D eigenvalue weighted by Crippen LogP contribution is 2.31. The molecule has 1 saturated carbocycles. The highest BCUT2D eigenvalue weighted by Gasteiger charge is 2.40. The number of piperidine rings is 2. The van der Waals surface area contributed by atoms with E-state index in [0.717, 1.165) is 51.7 Å². The van der Waals surface area contributed by atoms with Gasteiger partial charge in [0, 0.05) is 51.9 Å². The Hall–Kier alpha value is -1.30. The Morgan fingerprint density at radius 3 is 2.76 bits per heavy atom. The number of carbonyl (C=O) groups excluding carboxylic acids is 2. The zero-order chi connectivity index (χ0) is 17.6. The van der Waals surface area contributed by atoms with E-state index in [2.05, 4.69) is 10.2 Å². The van der Waals surface area contributed by atoms with Crippen molar-refractivity contribution in [1.29, 1.82) is 0 Å². The molecule has 6 heteroatoms. The Labute approximate surface area is 151 Å². The second kappa shape index (κ2) is 8.88. The average molecular weight is 351 g/mol. The number of ether oxygens (including phenoxy) is 1. The number of rotatable bonds is 5. The summed E-state index contributed by atoms with van der Waals surface area (Å²) in [5.41, 5.74) is 0. The van der Waals surface area contributed by atoms with E-state index in [1.54, 1.807) is 7.11 Å². The van der Waals surface area contributed by atoms with Gasteiger partial charge in [-0.2, -0.15) is 0 Å². The Morgan fingerprint density at radius 1 is 1.20 bits per heavy atom. The van der Waals surface area contributed by atoms with Gasteiger partial charge >= 0.3 is 6.03 Å². The van der Waals surface area contributed by atoms with Gasteiger partial charge in [0.15, 0.2) is 0 Å². The first-order valence-electron chi connectivity index (χ1n) is 10.0. The number of hydrogen-bond acceptors (Lipinski definition) is 3. The smallest absolute Gasteiger partial charge is 0.317 e. The molecule has 2 atom stereocenters. The minimum Gasteiger partial charge on any atom is -0.385 e. The SMILES string of the molecule is COCCCN1C(=O)CC[C@H]2CN(C(=O)NC3CCCCC3)CC[C@H]21. The number of fused-ring (bicyclic) bond motifs is 1. The van der Waals surface area contributed by atoms with E-state index < -0.39 is 0 Å². The number of carbonyl (C=O) groups is 2. The maximum atomic E-state index is 12.6. The first-order chi connectivity index (χ1) is 12.2. The summed E-state index contributed by atoms with van der Waals surface area (Å²) < 4.78 is 5.13. The molecule has 2 heterocycles. The van der Waals surface area contributed by atoms with Crippen molar-refractivity contribution in [3.63, 3.8) is 0 Å². The second-order valence-electron chi connectivity index (χ2n) is 7.82. The molecule has 1 aliphatic carbocycles. The summed E-state index contributed by atoms with van der Waals surface area (Å²) in [5, 5.41) is 3.24. The predicted octanol–water partition coefficient (Wildman–Crippen LogP) is 2.38. The maximum absolute atomic E-state index is 12.6. The molecule has 0 unspecified atom stereocenters. The van der Waals surface area contributed by atoms with Gasteiger partial charge in [0.2, 0.25) is 5.91 Å². The summed E-state index contributed by atoms with van der Waals surface area (Å²) >= 11 is 0. The largest absolute Gasteiger partial charge is 0.385 e. The molecule has 3 fully saturated rings. The maximum Gasteiger partial charge on any atom is 0.317 e. The molecular weight excluding hydrogens is 318 g/mol. The number of methoxy groups -OCH3 is 1. The molecule has 0 aromatic rings. The van der Waals surface area contributed by atoms with E-state index >= 15 is 0 Å². The first-order valence-corrected chi connectivity index (χ1v) is 10.0. The lowest BCUT2D eigenvalue weighted by Crippen LogP contribution is -2.58. The minimum atomic E-state index is 0.105. The Morgan fingerprint density at radius 2 is 2.00 bits per heavy atom. The van der Waals surface area contributed by atoms with E-state index in [-0.39, 0.29) is 11.9 Å².